The van der Waals surface area contributed by atoms with Crippen LogP contribution in [0.2, 0.25) is 0 Å². The fraction of sp³-hybridized carbons (Fsp3) is 0.545. The normalized spacial score (nSPS) is 18.3. The van der Waals surface area contributed by atoms with E-state index in [2.05, 4.69) is 10.0 Å². The quantitative estimate of drug-likeness (QED) is 0.478. The Morgan fingerprint density at radius 3 is 2.81 bits per heavy atom. The lowest BCUT2D eigenvalue weighted by Gasteiger charge is -2.25. The van der Waals surface area contributed by atoms with Crippen LogP contribution in [-0.2, 0) is 14.8 Å². The molecular formula is C22H31N3O5S. The first-order chi connectivity index (χ1) is 14.9. The van der Waals surface area contributed by atoms with Crippen molar-refractivity contribution >= 4 is 22.0 Å². The molecule has 0 bridgehead atoms. The van der Waals surface area contributed by atoms with Crippen LogP contribution in [0.4, 0.5) is 4.79 Å². The fourth-order valence-corrected chi connectivity index (χ4v) is 4.60. The van der Waals surface area contributed by atoms with Gasteiger partial charge in [-0.3, -0.25) is 10.1 Å². The van der Waals surface area contributed by atoms with Gasteiger partial charge < -0.3 is 9.64 Å². The van der Waals surface area contributed by atoms with Crippen molar-refractivity contribution in [3.8, 4) is 5.75 Å². The Balaban J connectivity index is 1.46. The molecule has 9 heteroatoms. The van der Waals surface area contributed by atoms with Gasteiger partial charge in [0.25, 0.3) is 0 Å². The molecule has 0 unspecified atom stereocenters. The first-order valence-corrected chi connectivity index (χ1v) is 12.5. The predicted molar refractivity (Wildman–Crippen MR) is 118 cm³/mol. The number of nitrogens with zero attached hydrogens (tertiary/aromatic N) is 1. The van der Waals surface area contributed by atoms with Crippen molar-refractivity contribution in [1.82, 2.24) is 14.9 Å². The van der Waals surface area contributed by atoms with Crippen molar-refractivity contribution in [2.45, 2.75) is 45.1 Å². The highest BCUT2D eigenvalue weighted by Crippen LogP contribution is 2.30. The van der Waals surface area contributed by atoms with Crippen molar-refractivity contribution in [1.29, 1.82) is 0 Å². The minimum atomic E-state index is -3.47. The maximum Gasteiger partial charge on any atom is 0.324 e. The molecule has 1 aromatic carbocycles. The van der Waals surface area contributed by atoms with Crippen LogP contribution >= 0.6 is 0 Å². The van der Waals surface area contributed by atoms with E-state index in [4.69, 9.17) is 4.74 Å². The fourth-order valence-electron chi connectivity index (χ4n) is 3.30. The summed E-state index contributed by atoms with van der Waals surface area (Å²) in [5.41, 5.74) is 0.889. The van der Waals surface area contributed by atoms with Gasteiger partial charge in [-0.1, -0.05) is 31.2 Å². The standard InChI is InChI=1S/C22H31N3O5S/c1-2-20(18-7-6-8-19(15-18)30-16-17-9-10-17)24-31(28,29)14-5-3-4-12-25-13-11-21(26)23-22(25)27/h3-4,6-8,15,17,20,24H,2,5,9-14,16H2,1H3,(H,23,26,27)/b4-3+/t20-/m1/s1. The first-order valence-electron chi connectivity index (χ1n) is 10.8. The van der Waals surface area contributed by atoms with Crippen LogP contribution < -0.4 is 14.8 Å². The number of nitrogens with one attached hydrogen (secondary N) is 2. The van der Waals surface area contributed by atoms with Gasteiger partial charge in [-0.05, 0) is 49.3 Å². The number of carbonyl (C=O) groups excluding carboxylic acids is 2. The molecule has 2 N–H and O–H groups in total. The Morgan fingerprint density at radius 2 is 2.10 bits per heavy atom. The number of benzene rings is 1. The maximum absolute atomic E-state index is 12.5. The minimum absolute atomic E-state index is 0.0391. The van der Waals surface area contributed by atoms with Gasteiger partial charge in [0.05, 0.1) is 12.4 Å². The van der Waals surface area contributed by atoms with E-state index in [0.29, 0.717) is 38.5 Å². The third kappa shape index (κ3) is 7.66. The second-order valence-corrected chi connectivity index (χ2v) is 9.91. The van der Waals surface area contributed by atoms with Crippen molar-refractivity contribution in [3.05, 3.63) is 42.0 Å². The number of ether oxygens (including phenoxy) is 1. The van der Waals surface area contributed by atoms with Crippen LogP contribution in [0.3, 0.4) is 0 Å². The highest BCUT2D eigenvalue weighted by molar-refractivity contribution is 7.89. The van der Waals surface area contributed by atoms with Gasteiger partial charge in [-0.15, -0.1) is 0 Å². The van der Waals surface area contributed by atoms with Crippen molar-refractivity contribution < 1.29 is 22.7 Å². The van der Waals surface area contributed by atoms with E-state index in [-0.39, 0.29) is 24.1 Å². The molecule has 1 saturated carbocycles. The summed E-state index contributed by atoms with van der Waals surface area (Å²) in [5.74, 6) is 1.12. The van der Waals surface area contributed by atoms with Gasteiger partial charge in [0.2, 0.25) is 15.9 Å². The molecule has 1 aliphatic heterocycles. The number of imide groups is 1. The number of carbonyl (C=O) groups is 2. The summed E-state index contributed by atoms with van der Waals surface area (Å²) in [6.45, 7) is 3.38. The zero-order chi connectivity index (χ0) is 22.3. The first kappa shape index (κ1) is 23.3. The third-order valence-electron chi connectivity index (χ3n) is 5.36. The van der Waals surface area contributed by atoms with E-state index in [1.165, 1.54) is 17.7 Å². The van der Waals surface area contributed by atoms with E-state index in [1.54, 1.807) is 12.2 Å². The number of allylic oxidation sites excluding steroid dienone is 1. The third-order valence-corrected chi connectivity index (χ3v) is 6.78. The molecule has 3 amide bonds. The summed E-state index contributed by atoms with van der Waals surface area (Å²) in [5, 5.41) is 2.26. The molecule has 1 aliphatic carbocycles. The predicted octanol–water partition coefficient (Wildman–Crippen LogP) is 2.73. The molecule has 1 saturated heterocycles. The number of sulfonamides is 1. The van der Waals surface area contributed by atoms with Crippen LogP contribution in [0.1, 0.15) is 50.6 Å². The number of rotatable bonds is 12. The molecule has 3 rings (SSSR count). The Kier molecular flexibility index (Phi) is 8.09. The molecule has 31 heavy (non-hydrogen) atoms. The summed E-state index contributed by atoms with van der Waals surface area (Å²) < 4.78 is 33.7. The van der Waals surface area contributed by atoms with E-state index in [0.717, 1.165) is 11.3 Å². The molecule has 1 aromatic rings. The Morgan fingerprint density at radius 1 is 1.29 bits per heavy atom. The van der Waals surface area contributed by atoms with Crippen LogP contribution in [0.25, 0.3) is 0 Å². The number of amides is 3. The van der Waals surface area contributed by atoms with Gasteiger partial charge in [0.1, 0.15) is 5.75 Å². The zero-order valence-corrected chi connectivity index (χ0v) is 18.7. The number of hydrogen-bond acceptors (Lipinski definition) is 5. The van der Waals surface area contributed by atoms with Crippen molar-refractivity contribution in [2.24, 2.45) is 5.92 Å². The number of urea groups is 1. The van der Waals surface area contributed by atoms with Gasteiger partial charge in [-0.2, -0.15) is 0 Å². The largest absolute Gasteiger partial charge is 0.493 e. The Hall–Kier alpha value is -2.39. The van der Waals surface area contributed by atoms with Crippen molar-refractivity contribution in [3.63, 3.8) is 0 Å². The van der Waals surface area contributed by atoms with E-state index in [1.807, 2.05) is 31.2 Å². The summed E-state index contributed by atoms with van der Waals surface area (Å²) in [6, 6.07) is 6.89. The van der Waals surface area contributed by atoms with Crippen LogP contribution in [-0.4, -0.2) is 50.7 Å². The molecule has 0 aromatic heterocycles. The summed E-state index contributed by atoms with van der Waals surface area (Å²) in [7, 11) is -3.47. The lowest BCUT2D eigenvalue weighted by molar-refractivity contribution is -0.121. The topological polar surface area (TPSA) is 105 Å². The molecule has 170 valence electrons. The van der Waals surface area contributed by atoms with E-state index >= 15 is 0 Å². The molecule has 1 atom stereocenters. The molecule has 0 spiro atoms. The van der Waals surface area contributed by atoms with Crippen molar-refractivity contribution in [2.75, 3.05) is 25.4 Å². The number of hydrogen-bond donors (Lipinski definition) is 2. The van der Waals surface area contributed by atoms with Crippen LogP contribution in [0, 0.1) is 5.92 Å². The molecular weight excluding hydrogens is 418 g/mol. The lowest BCUT2D eigenvalue weighted by Crippen LogP contribution is -2.49. The second-order valence-electron chi connectivity index (χ2n) is 8.03. The molecule has 0 radical (unpaired) electrons. The smallest absolute Gasteiger partial charge is 0.324 e. The lowest BCUT2D eigenvalue weighted by atomic mass is 10.1. The Bertz CT molecular complexity index is 911. The van der Waals surface area contributed by atoms with E-state index in [9.17, 15) is 18.0 Å². The second kappa shape index (κ2) is 10.8. The zero-order valence-electron chi connectivity index (χ0n) is 17.9. The van der Waals surface area contributed by atoms with E-state index < -0.39 is 16.1 Å². The van der Waals surface area contributed by atoms with Crippen LogP contribution in [0.5, 0.6) is 5.75 Å². The highest BCUT2D eigenvalue weighted by atomic mass is 32.2. The SMILES string of the molecule is CC[C@@H](NS(=O)(=O)CC/C=C/CN1CCC(=O)NC1=O)c1cccc(OCC2CC2)c1. The minimum Gasteiger partial charge on any atom is -0.493 e. The average molecular weight is 450 g/mol. The van der Waals surface area contributed by atoms with Gasteiger partial charge in [-0.25, -0.2) is 17.9 Å². The Labute approximate surface area is 184 Å². The summed E-state index contributed by atoms with van der Waals surface area (Å²) >= 11 is 0. The van der Waals surface area contributed by atoms with Gasteiger partial charge in [0.15, 0.2) is 0 Å². The maximum atomic E-state index is 12.5. The average Bonchev–Trinajstić information content (AvgIpc) is 3.56. The molecule has 8 nitrogen and oxygen atoms in total. The molecule has 2 fully saturated rings. The molecule has 1 heterocycles. The summed E-state index contributed by atoms with van der Waals surface area (Å²) in [6.07, 6.45) is 7.18. The monoisotopic (exact) mass is 449 g/mol. The van der Waals surface area contributed by atoms with Gasteiger partial charge in [0, 0.05) is 25.6 Å². The highest BCUT2D eigenvalue weighted by Gasteiger charge is 2.23. The molecule has 2 aliphatic rings. The van der Waals surface area contributed by atoms with Crippen LogP contribution in [0.15, 0.2) is 36.4 Å². The summed E-state index contributed by atoms with van der Waals surface area (Å²) in [4.78, 5) is 24.3. The van der Waals surface area contributed by atoms with Gasteiger partial charge >= 0.3 is 6.03 Å².